The van der Waals surface area contributed by atoms with E-state index in [-0.39, 0.29) is 5.54 Å². The van der Waals surface area contributed by atoms with Gasteiger partial charge in [-0.2, -0.15) is 5.26 Å². The molecule has 1 aromatic carbocycles. The first kappa shape index (κ1) is 12.6. The molecule has 0 amide bonds. The zero-order valence-corrected chi connectivity index (χ0v) is 12.8. The Labute approximate surface area is 130 Å². The van der Waals surface area contributed by atoms with Crippen LogP contribution in [0.25, 0.3) is 10.8 Å². The molecular weight excluding hydrogens is 270 g/mol. The first-order valence-corrected chi connectivity index (χ1v) is 8.53. The highest BCUT2D eigenvalue weighted by Crippen LogP contribution is 2.56. The average Bonchev–Trinajstić information content (AvgIpc) is 2.81. The van der Waals surface area contributed by atoms with E-state index in [0.29, 0.717) is 0 Å². The van der Waals surface area contributed by atoms with Crippen molar-refractivity contribution in [1.29, 1.82) is 5.26 Å². The van der Waals surface area contributed by atoms with E-state index in [1.54, 1.807) is 0 Å². The van der Waals surface area contributed by atoms with E-state index < -0.39 is 0 Å². The molecule has 0 aliphatic heterocycles. The summed E-state index contributed by atoms with van der Waals surface area (Å²) in [5.74, 6) is 2.73. The third-order valence-electron chi connectivity index (χ3n) is 6.23. The van der Waals surface area contributed by atoms with Gasteiger partial charge in [-0.15, -0.1) is 0 Å². The molecule has 1 heterocycles. The van der Waals surface area contributed by atoms with Crippen molar-refractivity contribution in [2.75, 3.05) is 5.43 Å². The summed E-state index contributed by atoms with van der Waals surface area (Å²) >= 11 is 0. The Kier molecular flexibility index (Phi) is 2.45. The largest absolute Gasteiger partial charge is 0.319 e. The standard InChI is InChI=1S/C19H21N3/c20-11-18-17-4-2-1-3-16(17)12-22(18)21-19-8-13-5-14(9-19)7-15(6-13)10-19/h1-4,12-15,21H,5-10H2. The number of aromatic nitrogens is 1. The van der Waals surface area contributed by atoms with Gasteiger partial charge in [0.1, 0.15) is 11.8 Å². The van der Waals surface area contributed by atoms with E-state index in [0.717, 1.165) is 34.2 Å². The lowest BCUT2D eigenvalue weighted by Crippen LogP contribution is -2.57. The van der Waals surface area contributed by atoms with Gasteiger partial charge < -0.3 is 5.43 Å². The van der Waals surface area contributed by atoms with E-state index in [9.17, 15) is 5.26 Å². The minimum atomic E-state index is 0.232. The Hall–Kier alpha value is -1.95. The molecule has 22 heavy (non-hydrogen) atoms. The fraction of sp³-hybridized carbons (Fsp3) is 0.526. The van der Waals surface area contributed by atoms with E-state index in [4.69, 9.17) is 0 Å². The van der Waals surface area contributed by atoms with Crippen LogP contribution in [0.3, 0.4) is 0 Å². The number of nitrogens with one attached hydrogen (secondary N) is 1. The number of benzene rings is 1. The Morgan fingerprint density at radius 1 is 1.05 bits per heavy atom. The van der Waals surface area contributed by atoms with Crippen LogP contribution in [-0.2, 0) is 0 Å². The van der Waals surface area contributed by atoms with Crippen LogP contribution in [0.15, 0.2) is 30.5 Å². The number of rotatable bonds is 2. The molecule has 1 N–H and O–H groups in total. The third kappa shape index (κ3) is 1.73. The zero-order chi connectivity index (χ0) is 14.7. The molecule has 0 spiro atoms. The van der Waals surface area contributed by atoms with E-state index >= 15 is 0 Å². The molecule has 4 bridgehead atoms. The van der Waals surface area contributed by atoms with Crippen molar-refractivity contribution in [1.82, 2.24) is 4.68 Å². The van der Waals surface area contributed by atoms with Crippen molar-refractivity contribution in [3.63, 3.8) is 0 Å². The number of nitrogens with zero attached hydrogens (tertiary/aromatic N) is 2. The van der Waals surface area contributed by atoms with Crippen LogP contribution >= 0.6 is 0 Å². The third-order valence-corrected chi connectivity index (χ3v) is 6.23. The summed E-state index contributed by atoms with van der Waals surface area (Å²) in [6.07, 6.45) is 10.3. The Morgan fingerprint density at radius 3 is 2.32 bits per heavy atom. The van der Waals surface area contributed by atoms with Gasteiger partial charge in [-0.1, -0.05) is 24.3 Å². The molecule has 0 radical (unpaired) electrons. The maximum absolute atomic E-state index is 9.61. The second kappa shape index (κ2) is 4.29. The highest BCUT2D eigenvalue weighted by molar-refractivity contribution is 5.87. The van der Waals surface area contributed by atoms with Crippen molar-refractivity contribution in [2.45, 2.75) is 44.1 Å². The molecule has 4 fully saturated rings. The van der Waals surface area contributed by atoms with Crippen LogP contribution in [0.1, 0.15) is 44.2 Å². The lowest BCUT2D eigenvalue weighted by atomic mass is 9.53. The molecule has 112 valence electrons. The molecule has 4 saturated carbocycles. The normalized spacial score (nSPS) is 35.7. The SMILES string of the molecule is N#Cc1c2ccccc2cn1NC12CC3CC(CC(C3)C1)C2. The highest BCUT2D eigenvalue weighted by atomic mass is 15.4. The van der Waals surface area contributed by atoms with Gasteiger partial charge in [-0.25, -0.2) is 0 Å². The van der Waals surface area contributed by atoms with Crippen LogP contribution in [-0.4, -0.2) is 10.2 Å². The van der Waals surface area contributed by atoms with Gasteiger partial charge in [-0.3, -0.25) is 4.68 Å². The van der Waals surface area contributed by atoms with Crippen LogP contribution in [0, 0.1) is 29.1 Å². The minimum Gasteiger partial charge on any atom is -0.319 e. The maximum atomic E-state index is 9.61. The molecule has 3 nitrogen and oxygen atoms in total. The van der Waals surface area contributed by atoms with Gasteiger partial charge >= 0.3 is 0 Å². The summed E-state index contributed by atoms with van der Waals surface area (Å²) < 4.78 is 2.03. The van der Waals surface area contributed by atoms with Crippen molar-refractivity contribution in [3.8, 4) is 6.07 Å². The van der Waals surface area contributed by atoms with Gasteiger partial charge in [0.25, 0.3) is 0 Å². The maximum Gasteiger partial charge on any atom is 0.147 e. The molecule has 2 aromatic rings. The Bertz CT molecular complexity index is 744. The fourth-order valence-corrected chi connectivity index (χ4v) is 5.86. The monoisotopic (exact) mass is 291 g/mol. The van der Waals surface area contributed by atoms with Gasteiger partial charge in [-0.05, 0) is 56.3 Å². The predicted molar refractivity (Wildman–Crippen MR) is 86.9 cm³/mol. The van der Waals surface area contributed by atoms with E-state index in [1.807, 2.05) is 22.9 Å². The number of hydrogen-bond donors (Lipinski definition) is 1. The van der Waals surface area contributed by atoms with Crippen molar-refractivity contribution in [3.05, 3.63) is 36.2 Å². The van der Waals surface area contributed by atoms with Gasteiger partial charge in [0.05, 0.1) is 5.54 Å². The van der Waals surface area contributed by atoms with Crippen molar-refractivity contribution >= 4 is 10.8 Å². The summed E-state index contributed by atoms with van der Waals surface area (Å²) in [6.45, 7) is 0. The summed E-state index contributed by atoms with van der Waals surface area (Å²) in [7, 11) is 0. The smallest absolute Gasteiger partial charge is 0.147 e. The topological polar surface area (TPSA) is 40.8 Å². The highest BCUT2D eigenvalue weighted by Gasteiger charge is 2.51. The van der Waals surface area contributed by atoms with Gasteiger partial charge in [0, 0.05) is 17.0 Å². The van der Waals surface area contributed by atoms with Crippen LogP contribution in [0.4, 0.5) is 0 Å². The van der Waals surface area contributed by atoms with Gasteiger partial charge in [0.15, 0.2) is 0 Å². The Balaban J connectivity index is 1.55. The lowest BCUT2D eigenvalue weighted by Gasteiger charge is -2.57. The summed E-state index contributed by atoms with van der Waals surface area (Å²) in [5, 5.41) is 11.8. The van der Waals surface area contributed by atoms with Crippen molar-refractivity contribution < 1.29 is 0 Å². The Morgan fingerprint density at radius 2 is 1.68 bits per heavy atom. The van der Waals surface area contributed by atoms with E-state index in [2.05, 4.69) is 23.8 Å². The molecule has 0 unspecified atom stereocenters. The minimum absolute atomic E-state index is 0.232. The molecule has 0 saturated heterocycles. The van der Waals surface area contributed by atoms with Crippen molar-refractivity contribution in [2.24, 2.45) is 17.8 Å². The summed E-state index contributed by atoms with van der Waals surface area (Å²) in [5.41, 5.74) is 4.78. The summed E-state index contributed by atoms with van der Waals surface area (Å²) in [6, 6.07) is 10.6. The van der Waals surface area contributed by atoms with E-state index in [1.165, 1.54) is 38.5 Å². The number of hydrogen-bond acceptors (Lipinski definition) is 2. The first-order chi connectivity index (χ1) is 10.7. The predicted octanol–water partition coefficient (Wildman–Crippen LogP) is 4.03. The molecule has 4 aliphatic carbocycles. The molecule has 1 aromatic heterocycles. The fourth-order valence-electron chi connectivity index (χ4n) is 5.86. The average molecular weight is 291 g/mol. The van der Waals surface area contributed by atoms with Crippen LogP contribution in [0.2, 0.25) is 0 Å². The number of nitriles is 1. The van der Waals surface area contributed by atoms with Crippen LogP contribution < -0.4 is 5.43 Å². The zero-order valence-electron chi connectivity index (χ0n) is 12.8. The molecular formula is C19H21N3. The second-order valence-electron chi connectivity index (χ2n) is 7.86. The number of fused-ring (bicyclic) bond motifs is 1. The molecule has 6 rings (SSSR count). The quantitative estimate of drug-likeness (QED) is 0.907. The molecule has 0 atom stereocenters. The molecule has 4 aliphatic rings. The van der Waals surface area contributed by atoms with Gasteiger partial charge in [0.2, 0.25) is 0 Å². The summed E-state index contributed by atoms with van der Waals surface area (Å²) in [4.78, 5) is 0. The first-order valence-electron chi connectivity index (χ1n) is 8.53. The van der Waals surface area contributed by atoms with Crippen LogP contribution in [0.5, 0.6) is 0 Å². The molecule has 3 heteroatoms. The lowest BCUT2D eigenvalue weighted by molar-refractivity contribution is 0.00479. The second-order valence-corrected chi connectivity index (χ2v) is 7.86.